The Morgan fingerprint density at radius 1 is 1.00 bits per heavy atom. The van der Waals surface area contributed by atoms with Crippen LogP contribution in [0.1, 0.15) is 43.6 Å². The van der Waals surface area contributed by atoms with Crippen molar-refractivity contribution in [3.05, 3.63) is 82.4 Å². The van der Waals surface area contributed by atoms with Gasteiger partial charge in [0.2, 0.25) is 0 Å². The molecule has 2 heterocycles. The summed E-state index contributed by atoms with van der Waals surface area (Å²) in [5.41, 5.74) is 7.83. The zero-order valence-electron chi connectivity index (χ0n) is 17.5. The topological polar surface area (TPSA) is 30.5 Å². The molecule has 5 rings (SSSR count). The minimum absolute atomic E-state index is 0.105. The van der Waals surface area contributed by atoms with Gasteiger partial charge in [-0.15, -0.1) is 0 Å². The van der Waals surface area contributed by atoms with Crippen LogP contribution >= 0.6 is 11.6 Å². The van der Waals surface area contributed by atoms with Gasteiger partial charge < -0.3 is 14.8 Å². The Hall–Kier alpha value is -2.91. The average Bonchev–Trinajstić information content (AvgIpc) is 2.71. The van der Waals surface area contributed by atoms with Crippen molar-refractivity contribution < 1.29 is 9.47 Å². The van der Waals surface area contributed by atoms with Gasteiger partial charge in [-0.3, -0.25) is 0 Å². The van der Waals surface area contributed by atoms with Crippen LogP contribution in [0, 0.1) is 0 Å². The number of hydrogen-bond acceptors (Lipinski definition) is 3. The molecule has 1 unspecified atom stereocenters. The van der Waals surface area contributed by atoms with Gasteiger partial charge in [0, 0.05) is 21.8 Å². The quantitative estimate of drug-likeness (QED) is 0.482. The standard InChI is InChI=1S/C26H24ClNO2/c1-15-14-26(2,3)28-19-13-12-18-23-20(29-4)6-5-7-21(23)30-25(24(18)22(15)19)16-8-10-17(27)11-9-16/h5-14,25,28H,1-4H3. The lowest BCUT2D eigenvalue weighted by Crippen LogP contribution is -2.32. The van der Waals surface area contributed by atoms with E-state index in [1.165, 1.54) is 11.1 Å². The molecule has 0 aliphatic carbocycles. The summed E-state index contributed by atoms with van der Waals surface area (Å²) in [6.45, 7) is 6.55. The van der Waals surface area contributed by atoms with E-state index < -0.39 is 0 Å². The molecule has 0 amide bonds. The largest absolute Gasteiger partial charge is 0.496 e. The maximum atomic E-state index is 6.62. The minimum atomic E-state index is -0.238. The van der Waals surface area contributed by atoms with E-state index in [1.54, 1.807) is 7.11 Å². The second-order valence-electron chi connectivity index (χ2n) is 8.51. The summed E-state index contributed by atoms with van der Waals surface area (Å²) in [6.07, 6.45) is 2.05. The molecule has 0 saturated heterocycles. The molecule has 1 N–H and O–H groups in total. The summed E-state index contributed by atoms with van der Waals surface area (Å²) in [4.78, 5) is 0. The number of nitrogens with one attached hydrogen (secondary N) is 1. The molecule has 1 atom stereocenters. The Morgan fingerprint density at radius 2 is 1.77 bits per heavy atom. The molecule has 2 aliphatic heterocycles. The van der Waals surface area contributed by atoms with Crippen LogP contribution in [-0.4, -0.2) is 12.6 Å². The summed E-state index contributed by atoms with van der Waals surface area (Å²) >= 11 is 6.16. The number of benzene rings is 3. The third kappa shape index (κ3) is 2.96. The molecule has 3 aromatic rings. The fourth-order valence-electron chi connectivity index (χ4n) is 4.74. The predicted molar refractivity (Wildman–Crippen MR) is 124 cm³/mol. The zero-order chi connectivity index (χ0) is 21.0. The Balaban J connectivity index is 1.82. The van der Waals surface area contributed by atoms with Crippen LogP contribution in [0.25, 0.3) is 16.7 Å². The highest BCUT2D eigenvalue weighted by molar-refractivity contribution is 6.30. The summed E-state index contributed by atoms with van der Waals surface area (Å²) in [7, 11) is 1.70. The van der Waals surface area contributed by atoms with Crippen molar-refractivity contribution >= 4 is 22.9 Å². The summed E-state index contributed by atoms with van der Waals surface area (Å²) < 4.78 is 12.3. The van der Waals surface area contributed by atoms with E-state index in [0.29, 0.717) is 5.02 Å². The van der Waals surface area contributed by atoms with Crippen molar-refractivity contribution in [1.29, 1.82) is 0 Å². The fraction of sp³-hybridized carbons (Fsp3) is 0.231. The van der Waals surface area contributed by atoms with Gasteiger partial charge in [0.25, 0.3) is 0 Å². The van der Waals surface area contributed by atoms with E-state index in [4.69, 9.17) is 21.1 Å². The highest BCUT2D eigenvalue weighted by Crippen LogP contribution is 2.53. The molecule has 30 heavy (non-hydrogen) atoms. The van der Waals surface area contributed by atoms with Gasteiger partial charge in [-0.1, -0.05) is 41.9 Å². The maximum absolute atomic E-state index is 6.62. The Morgan fingerprint density at radius 3 is 2.50 bits per heavy atom. The van der Waals surface area contributed by atoms with E-state index in [0.717, 1.165) is 39.4 Å². The van der Waals surface area contributed by atoms with Gasteiger partial charge in [-0.05, 0) is 67.8 Å². The smallest absolute Gasteiger partial charge is 0.150 e. The maximum Gasteiger partial charge on any atom is 0.150 e. The number of fused-ring (bicyclic) bond motifs is 5. The second-order valence-corrected chi connectivity index (χ2v) is 8.94. The normalized spacial score (nSPS) is 18.2. The van der Waals surface area contributed by atoms with Crippen LogP contribution in [0.2, 0.25) is 5.02 Å². The average molecular weight is 418 g/mol. The molecular weight excluding hydrogens is 394 g/mol. The highest BCUT2D eigenvalue weighted by Gasteiger charge is 2.35. The van der Waals surface area contributed by atoms with E-state index in [2.05, 4.69) is 44.3 Å². The molecule has 3 aromatic carbocycles. The van der Waals surface area contributed by atoms with Gasteiger partial charge in [-0.25, -0.2) is 0 Å². The Labute approximate surface area is 182 Å². The number of halogens is 1. The van der Waals surface area contributed by atoms with Crippen molar-refractivity contribution in [2.45, 2.75) is 32.4 Å². The molecular formula is C26H24ClNO2. The number of methoxy groups -OCH3 is 1. The second kappa shape index (κ2) is 6.82. The van der Waals surface area contributed by atoms with Gasteiger partial charge in [0.05, 0.1) is 18.2 Å². The van der Waals surface area contributed by atoms with Crippen molar-refractivity contribution in [2.75, 3.05) is 12.4 Å². The van der Waals surface area contributed by atoms with Crippen molar-refractivity contribution in [3.63, 3.8) is 0 Å². The summed E-state index contributed by atoms with van der Waals surface area (Å²) in [6, 6.07) is 18.2. The lowest BCUT2D eigenvalue weighted by molar-refractivity contribution is 0.242. The van der Waals surface area contributed by atoms with E-state index in [9.17, 15) is 0 Å². The number of anilines is 1. The monoisotopic (exact) mass is 417 g/mol. The number of ether oxygens (including phenoxy) is 2. The number of hydrogen-bond donors (Lipinski definition) is 1. The summed E-state index contributed by atoms with van der Waals surface area (Å²) in [5.74, 6) is 1.64. The van der Waals surface area contributed by atoms with Gasteiger partial charge in [0.15, 0.2) is 6.10 Å². The van der Waals surface area contributed by atoms with Crippen molar-refractivity contribution in [3.8, 4) is 22.6 Å². The number of rotatable bonds is 2. The summed E-state index contributed by atoms with van der Waals surface area (Å²) in [5, 5.41) is 4.38. The molecule has 0 aromatic heterocycles. The van der Waals surface area contributed by atoms with Gasteiger partial charge in [0.1, 0.15) is 11.5 Å². The molecule has 0 fully saturated rings. The molecule has 3 nitrogen and oxygen atoms in total. The first-order chi connectivity index (χ1) is 14.4. The molecule has 0 spiro atoms. The first-order valence-corrected chi connectivity index (χ1v) is 10.5. The van der Waals surface area contributed by atoms with Crippen molar-refractivity contribution in [2.24, 2.45) is 0 Å². The first kappa shape index (κ1) is 19.1. The predicted octanol–water partition coefficient (Wildman–Crippen LogP) is 7.10. The first-order valence-electron chi connectivity index (χ1n) is 10.1. The molecule has 0 bridgehead atoms. The zero-order valence-corrected chi connectivity index (χ0v) is 18.3. The molecule has 152 valence electrons. The molecule has 0 radical (unpaired) electrons. The molecule has 4 heteroatoms. The van der Waals surface area contributed by atoms with Gasteiger partial charge >= 0.3 is 0 Å². The van der Waals surface area contributed by atoms with Crippen LogP contribution in [0.4, 0.5) is 5.69 Å². The van der Waals surface area contributed by atoms with Crippen molar-refractivity contribution in [1.82, 2.24) is 0 Å². The third-order valence-electron chi connectivity index (χ3n) is 5.83. The third-order valence-corrected chi connectivity index (χ3v) is 6.08. The van der Waals surface area contributed by atoms with Crippen LogP contribution in [-0.2, 0) is 0 Å². The van der Waals surface area contributed by atoms with Gasteiger partial charge in [-0.2, -0.15) is 0 Å². The Bertz CT molecular complexity index is 1180. The lowest BCUT2D eigenvalue weighted by atomic mass is 9.80. The van der Waals surface area contributed by atoms with E-state index >= 15 is 0 Å². The highest BCUT2D eigenvalue weighted by atomic mass is 35.5. The minimum Gasteiger partial charge on any atom is -0.496 e. The van der Waals surface area contributed by atoms with Crippen LogP contribution in [0.5, 0.6) is 11.5 Å². The van der Waals surface area contributed by atoms with E-state index in [1.807, 2.05) is 42.5 Å². The molecule has 0 saturated carbocycles. The number of allylic oxidation sites excluding steroid dienone is 1. The van der Waals surface area contributed by atoms with Crippen LogP contribution < -0.4 is 14.8 Å². The fourth-order valence-corrected chi connectivity index (χ4v) is 4.86. The molecule has 2 aliphatic rings. The van der Waals surface area contributed by atoms with E-state index in [-0.39, 0.29) is 11.6 Å². The van der Waals surface area contributed by atoms with Crippen LogP contribution in [0.3, 0.4) is 0 Å². The SMILES string of the molecule is COc1cccc2c1-c1ccc3c(c1C(c1ccc(Cl)cc1)O2)C(C)=CC(C)(C)N3. The Kier molecular flexibility index (Phi) is 4.33. The lowest BCUT2D eigenvalue weighted by Gasteiger charge is -2.37. The van der Waals surface area contributed by atoms with Crippen LogP contribution in [0.15, 0.2) is 60.7 Å².